The summed E-state index contributed by atoms with van der Waals surface area (Å²) in [6.45, 7) is 8.77. The van der Waals surface area contributed by atoms with Crippen molar-refractivity contribution in [1.29, 1.82) is 0 Å². The van der Waals surface area contributed by atoms with Crippen LogP contribution in [0.25, 0.3) is 39.0 Å². The zero-order valence-corrected chi connectivity index (χ0v) is 24.2. The summed E-state index contributed by atoms with van der Waals surface area (Å²) in [5, 5.41) is 2.35. The van der Waals surface area contributed by atoms with Gasteiger partial charge in [0, 0.05) is 35.4 Å². The quantitative estimate of drug-likeness (QED) is 0.160. The highest BCUT2D eigenvalue weighted by Gasteiger charge is 2.15. The van der Waals surface area contributed by atoms with E-state index in [0.29, 0.717) is 0 Å². The summed E-state index contributed by atoms with van der Waals surface area (Å²) in [5.74, 6) is 2.41. The molecule has 4 aromatic carbocycles. The highest BCUT2D eigenvalue weighted by molar-refractivity contribution is 6.09. The molecule has 0 fully saturated rings. The number of nitrogens with zero attached hydrogens (tertiary/aromatic N) is 4. The van der Waals surface area contributed by atoms with Crippen LogP contribution in [0.2, 0.25) is 0 Å². The minimum atomic E-state index is 0.123. The molecule has 0 bridgehead atoms. The number of aryl methyl sites for hydroxylation is 1. The van der Waals surface area contributed by atoms with Crippen LogP contribution < -0.4 is 9.30 Å². The molecule has 0 N–H and O–H groups in total. The average Bonchev–Trinajstić information content (AvgIpc) is 3.60. The molecule has 0 amide bonds. The van der Waals surface area contributed by atoms with Gasteiger partial charge in [-0.1, -0.05) is 57.2 Å². The smallest absolute Gasteiger partial charge is 0.268 e. The third kappa shape index (κ3) is 4.73. The Morgan fingerprint density at radius 2 is 1.55 bits per heavy atom. The molecule has 0 saturated carbocycles. The molecule has 0 aliphatic rings. The Hall–Kier alpha value is -5.16. The average molecular weight is 549 g/mol. The number of fused-ring (bicyclic) bond motifs is 3. The molecule has 0 aliphatic heterocycles. The van der Waals surface area contributed by atoms with Crippen LogP contribution in [0, 0.1) is 13.3 Å². The molecule has 3 heterocycles. The number of ether oxygens (including phenoxy) is 1. The van der Waals surface area contributed by atoms with E-state index in [1.807, 2.05) is 58.1 Å². The fourth-order valence-corrected chi connectivity index (χ4v) is 5.46. The van der Waals surface area contributed by atoms with Crippen molar-refractivity contribution in [3.63, 3.8) is 0 Å². The lowest BCUT2D eigenvalue weighted by Crippen LogP contribution is -2.28. The second kappa shape index (κ2) is 10.0. The van der Waals surface area contributed by atoms with Crippen LogP contribution in [0.1, 0.15) is 31.9 Å². The molecule has 0 saturated heterocycles. The molecule has 3 aromatic heterocycles. The van der Waals surface area contributed by atoms with Gasteiger partial charge in [-0.15, -0.1) is 0 Å². The van der Waals surface area contributed by atoms with E-state index in [1.165, 1.54) is 16.5 Å². The largest absolute Gasteiger partial charge is 0.458 e. The number of hydrogen-bond acceptors (Lipinski definition) is 2. The summed E-state index contributed by atoms with van der Waals surface area (Å²) in [4.78, 5) is 4.69. The predicted molar refractivity (Wildman–Crippen MR) is 168 cm³/mol. The van der Waals surface area contributed by atoms with Gasteiger partial charge in [0.15, 0.2) is 0 Å². The number of benzene rings is 4. The molecule has 7 rings (SSSR count). The molecule has 0 spiro atoms. The van der Waals surface area contributed by atoms with Crippen molar-refractivity contribution in [2.24, 2.45) is 0 Å². The van der Waals surface area contributed by atoms with Gasteiger partial charge in [0.05, 0.1) is 22.4 Å². The van der Waals surface area contributed by atoms with Crippen LogP contribution in [-0.2, 0) is 5.41 Å². The van der Waals surface area contributed by atoms with Crippen molar-refractivity contribution in [3.8, 4) is 28.7 Å². The topological polar surface area (TPSA) is 35.9 Å². The van der Waals surface area contributed by atoms with Gasteiger partial charge in [0.2, 0.25) is 0 Å². The summed E-state index contributed by atoms with van der Waals surface area (Å²) in [5.41, 5.74) is 6.81. The molecule has 5 heteroatoms. The molecule has 0 atom stereocenters. The number of aromatic nitrogens is 4. The highest BCUT2D eigenvalue weighted by Crippen LogP contribution is 2.35. The molecular weight excluding hydrogens is 516 g/mol. The molecule has 206 valence electrons. The molecule has 0 aliphatic carbocycles. The second-order valence-corrected chi connectivity index (χ2v) is 11.8. The Labute approximate surface area is 245 Å². The van der Waals surface area contributed by atoms with E-state index < -0.39 is 0 Å². The van der Waals surface area contributed by atoms with Gasteiger partial charge in [-0.25, -0.2) is 4.98 Å². The Bertz CT molecular complexity index is 2060. The van der Waals surface area contributed by atoms with E-state index in [4.69, 9.17) is 9.72 Å². The Morgan fingerprint density at radius 3 is 2.36 bits per heavy atom. The minimum absolute atomic E-state index is 0.123. The van der Waals surface area contributed by atoms with Gasteiger partial charge >= 0.3 is 0 Å². The molecule has 5 nitrogen and oxygen atoms in total. The Balaban J connectivity index is 1.21. The van der Waals surface area contributed by atoms with E-state index in [0.717, 1.165) is 45.1 Å². The first-order chi connectivity index (χ1) is 20.3. The lowest BCUT2D eigenvalue weighted by atomic mass is 9.87. The Kier molecular flexibility index (Phi) is 6.16. The summed E-state index contributed by atoms with van der Waals surface area (Å²) in [7, 11) is 0. The van der Waals surface area contributed by atoms with Crippen LogP contribution in [-0.4, -0.2) is 14.1 Å². The Morgan fingerprint density at radius 1 is 0.762 bits per heavy atom. The lowest BCUT2D eigenvalue weighted by Gasteiger charge is -2.19. The van der Waals surface area contributed by atoms with Crippen LogP contribution >= 0.6 is 0 Å². The molecule has 0 radical (unpaired) electrons. The van der Waals surface area contributed by atoms with Crippen molar-refractivity contribution in [2.45, 2.75) is 33.1 Å². The number of imidazole rings is 1. The van der Waals surface area contributed by atoms with Crippen molar-refractivity contribution >= 4 is 21.8 Å². The standard InChI is InChI=1S/C37H32N4O/c1-26-18-19-38-36(22-26)41-34-11-6-5-10-32(34)33-17-16-31(24-35(33)41)42-30-9-7-8-29(23-30)40-21-20-39(25-40)28-14-12-27(13-15-28)37(2,3)4/h5-24H,1-4H3. The fourth-order valence-electron chi connectivity index (χ4n) is 5.46. The van der Waals surface area contributed by atoms with Crippen molar-refractivity contribution in [3.05, 3.63) is 139 Å². The van der Waals surface area contributed by atoms with E-state index in [9.17, 15) is 0 Å². The van der Waals surface area contributed by atoms with Gasteiger partial charge in [-0.2, -0.15) is 0 Å². The fraction of sp³-hybridized carbons (Fsp3) is 0.135. The zero-order valence-electron chi connectivity index (χ0n) is 24.2. The van der Waals surface area contributed by atoms with Gasteiger partial charge in [-0.3, -0.25) is 13.7 Å². The van der Waals surface area contributed by atoms with Gasteiger partial charge in [0.25, 0.3) is 6.33 Å². The van der Waals surface area contributed by atoms with Gasteiger partial charge in [-0.05, 0) is 84.1 Å². The first-order valence-electron chi connectivity index (χ1n) is 14.2. The minimum Gasteiger partial charge on any atom is -0.458 e. The van der Waals surface area contributed by atoms with Crippen molar-refractivity contribution < 1.29 is 9.30 Å². The SMILES string of the molecule is Cc1ccnc(-n2c3ccccc3c3ccc(Oc4cccc(-n5[c-][n+](-c6ccc(C(C)(C)C)cc6)cc5)c4)cc32)c1. The highest BCUT2D eigenvalue weighted by atomic mass is 16.5. The maximum absolute atomic E-state index is 6.43. The molecule has 7 aromatic rings. The lowest BCUT2D eigenvalue weighted by molar-refractivity contribution is -0.599. The second-order valence-electron chi connectivity index (χ2n) is 11.8. The maximum Gasteiger partial charge on any atom is 0.268 e. The van der Waals surface area contributed by atoms with Crippen LogP contribution in [0.4, 0.5) is 0 Å². The molecular formula is C37H32N4O. The number of rotatable bonds is 5. The predicted octanol–water partition coefficient (Wildman–Crippen LogP) is 8.44. The van der Waals surface area contributed by atoms with Crippen molar-refractivity contribution in [1.82, 2.24) is 14.1 Å². The van der Waals surface area contributed by atoms with Crippen LogP contribution in [0.15, 0.2) is 122 Å². The monoisotopic (exact) mass is 548 g/mol. The normalized spacial score (nSPS) is 11.8. The number of hydrogen-bond donors (Lipinski definition) is 0. The molecule has 0 unspecified atom stereocenters. The zero-order chi connectivity index (χ0) is 28.8. The van der Waals surface area contributed by atoms with Crippen molar-refractivity contribution in [2.75, 3.05) is 0 Å². The first kappa shape index (κ1) is 25.8. The summed E-state index contributed by atoms with van der Waals surface area (Å²) in [6.07, 6.45) is 9.32. The van der Waals surface area contributed by atoms with E-state index in [1.54, 1.807) is 0 Å². The van der Waals surface area contributed by atoms with Crippen LogP contribution in [0.3, 0.4) is 0 Å². The van der Waals surface area contributed by atoms with E-state index in [-0.39, 0.29) is 5.41 Å². The van der Waals surface area contributed by atoms with Crippen LogP contribution in [0.5, 0.6) is 11.5 Å². The van der Waals surface area contributed by atoms with E-state index in [2.05, 4.69) is 111 Å². The maximum atomic E-state index is 6.43. The van der Waals surface area contributed by atoms with E-state index >= 15 is 0 Å². The van der Waals surface area contributed by atoms with Gasteiger partial charge in [0.1, 0.15) is 17.3 Å². The molecule has 42 heavy (non-hydrogen) atoms. The number of pyridine rings is 1. The summed E-state index contributed by atoms with van der Waals surface area (Å²) in [6, 6.07) is 35.6. The van der Waals surface area contributed by atoms with Gasteiger partial charge < -0.3 is 4.74 Å². The first-order valence-corrected chi connectivity index (χ1v) is 14.2. The third-order valence-electron chi connectivity index (χ3n) is 7.70. The summed E-state index contributed by atoms with van der Waals surface area (Å²) >= 11 is 0. The number of para-hydroxylation sites is 1. The third-order valence-corrected chi connectivity index (χ3v) is 7.70. The summed E-state index contributed by atoms with van der Waals surface area (Å²) < 4.78 is 12.6.